The smallest absolute Gasteiger partial charge is 0.332 e. The molecular formula is C26H37BrN2O3S. The topological polar surface area (TPSA) is 53.4 Å². The lowest BCUT2D eigenvalue weighted by Gasteiger charge is -2.28. The van der Waals surface area contributed by atoms with Crippen LogP contribution in [0.5, 0.6) is 0 Å². The van der Waals surface area contributed by atoms with Crippen LogP contribution in [0, 0.1) is 11.8 Å². The molecule has 1 saturated carbocycles. The van der Waals surface area contributed by atoms with Crippen molar-refractivity contribution >= 4 is 33.7 Å². The Hall–Kier alpha value is -1.31. The summed E-state index contributed by atoms with van der Waals surface area (Å²) in [6.07, 6.45) is 7.76. The fraction of sp³-hybridized carbons (Fsp3) is 0.615. The van der Waals surface area contributed by atoms with Gasteiger partial charge in [-0.15, -0.1) is 0 Å². The zero-order valence-corrected chi connectivity index (χ0v) is 22.7. The van der Waals surface area contributed by atoms with Crippen molar-refractivity contribution in [2.75, 3.05) is 25.2 Å². The van der Waals surface area contributed by atoms with Crippen molar-refractivity contribution in [2.45, 2.75) is 65.0 Å². The van der Waals surface area contributed by atoms with E-state index in [1.165, 1.54) is 18.5 Å². The highest BCUT2D eigenvalue weighted by Gasteiger charge is 2.25. The Bertz CT molecular complexity index is 887. The first-order valence-corrected chi connectivity index (χ1v) is 14.0. The molecule has 0 bridgehead atoms. The van der Waals surface area contributed by atoms with Crippen molar-refractivity contribution in [2.24, 2.45) is 11.8 Å². The van der Waals surface area contributed by atoms with Gasteiger partial charge < -0.3 is 9.47 Å². The summed E-state index contributed by atoms with van der Waals surface area (Å²) in [4.78, 5) is 11.8. The number of thioether (sulfide) groups is 1. The van der Waals surface area contributed by atoms with Crippen LogP contribution in [0.25, 0.3) is 11.3 Å². The number of esters is 1. The molecule has 1 aliphatic rings. The van der Waals surface area contributed by atoms with Crippen molar-refractivity contribution in [1.29, 1.82) is 0 Å². The predicted molar refractivity (Wildman–Crippen MR) is 140 cm³/mol. The fourth-order valence-electron chi connectivity index (χ4n) is 4.35. The number of halogens is 1. The maximum Gasteiger partial charge on any atom is 0.332 e. The molecule has 5 nitrogen and oxygen atoms in total. The highest BCUT2D eigenvalue weighted by Crippen LogP contribution is 2.34. The lowest BCUT2D eigenvalue weighted by atomic mass is 9.82. The molecule has 0 radical (unpaired) electrons. The molecule has 1 heterocycles. The summed E-state index contributed by atoms with van der Waals surface area (Å²) in [5, 5.41) is 5.03. The summed E-state index contributed by atoms with van der Waals surface area (Å²) in [6.45, 7) is 7.26. The number of benzene rings is 1. The predicted octanol–water partition coefficient (Wildman–Crippen LogP) is 6.38. The van der Waals surface area contributed by atoms with Gasteiger partial charge in [-0.1, -0.05) is 30.3 Å². The maximum atomic E-state index is 11.8. The average molecular weight is 538 g/mol. The molecule has 7 heteroatoms. The molecular weight excluding hydrogens is 500 g/mol. The minimum atomic E-state index is -0.463. The molecule has 0 atom stereocenters. The van der Waals surface area contributed by atoms with E-state index >= 15 is 0 Å². The molecule has 1 aromatic heterocycles. The number of carbonyl (C=O) groups is 1. The van der Waals surface area contributed by atoms with Gasteiger partial charge in [0.1, 0.15) is 17.9 Å². The van der Waals surface area contributed by atoms with E-state index in [0.29, 0.717) is 18.4 Å². The van der Waals surface area contributed by atoms with Crippen LogP contribution in [0.1, 0.15) is 52.1 Å². The van der Waals surface area contributed by atoms with Gasteiger partial charge in [0.25, 0.3) is 0 Å². The second-order valence-corrected chi connectivity index (χ2v) is 11.7. The van der Waals surface area contributed by atoms with Gasteiger partial charge in [0, 0.05) is 12.1 Å². The molecule has 0 N–H and O–H groups in total. The second kappa shape index (κ2) is 12.4. The zero-order valence-electron chi connectivity index (χ0n) is 20.3. The summed E-state index contributed by atoms with van der Waals surface area (Å²) in [6, 6.07) is 10.4. The molecule has 33 heavy (non-hydrogen) atoms. The molecule has 0 unspecified atom stereocenters. The summed E-state index contributed by atoms with van der Waals surface area (Å²) in [5.74, 6) is 1.94. The first-order chi connectivity index (χ1) is 15.8. The van der Waals surface area contributed by atoms with Crippen LogP contribution in [-0.2, 0) is 27.2 Å². The third-order valence-electron chi connectivity index (χ3n) is 5.97. The fourth-order valence-corrected chi connectivity index (χ4v) is 5.46. The van der Waals surface area contributed by atoms with E-state index in [1.807, 2.05) is 38.6 Å². The Kier molecular flexibility index (Phi) is 9.89. The highest BCUT2D eigenvalue weighted by molar-refractivity contribution is 9.10. The molecule has 0 amide bonds. The third kappa shape index (κ3) is 8.15. The summed E-state index contributed by atoms with van der Waals surface area (Å²) in [5.41, 5.74) is 3.02. The summed E-state index contributed by atoms with van der Waals surface area (Å²) >= 11 is 5.72. The molecule has 0 aliphatic heterocycles. The number of hydrogen-bond acceptors (Lipinski definition) is 5. The largest absolute Gasteiger partial charge is 0.458 e. The van der Waals surface area contributed by atoms with Crippen molar-refractivity contribution in [3.63, 3.8) is 0 Å². The van der Waals surface area contributed by atoms with Crippen LogP contribution >= 0.6 is 27.7 Å². The maximum absolute atomic E-state index is 11.8. The Morgan fingerprint density at radius 2 is 1.82 bits per heavy atom. The van der Waals surface area contributed by atoms with Crippen LogP contribution in [0.15, 0.2) is 34.8 Å². The van der Waals surface area contributed by atoms with Crippen LogP contribution in [-0.4, -0.2) is 46.6 Å². The third-order valence-corrected chi connectivity index (χ3v) is 7.42. The van der Waals surface area contributed by atoms with E-state index in [2.05, 4.69) is 51.1 Å². The first-order valence-electron chi connectivity index (χ1n) is 11.9. The van der Waals surface area contributed by atoms with Crippen LogP contribution in [0.3, 0.4) is 0 Å². The van der Waals surface area contributed by atoms with E-state index in [4.69, 9.17) is 14.6 Å². The molecule has 1 aromatic carbocycles. The quantitative estimate of drug-likeness (QED) is 0.329. The SMILES string of the molecule is CSCCc1c(Br)c(-c2ccccc2)nn1C[C@H]1CC[C@@H](COCC(=O)OC(C)(C)C)CC1. The van der Waals surface area contributed by atoms with Gasteiger partial charge in [-0.05, 0) is 92.6 Å². The number of carbonyl (C=O) groups excluding carboxylic acids is 1. The Morgan fingerprint density at radius 1 is 1.15 bits per heavy atom. The van der Waals surface area contributed by atoms with Crippen molar-refractivity contribution in [3.8, 4) is 11.3 Å². The lowest BCUT2D eigenvalue weighted by Crippen LogP contribution is -2.28. The summed E-state index contributed by atoms with van der Waals surface area (Å²) in [7, 11) is 0. The standard InChI is InChI=1S/C26H37BrN2O3S/c1-26(2,3)32-23(30)18-31-17-20-12-10-19(11-13-20)16-29-22(14-15-33-4)24(27)25(28-29)21-8-6-5-7-9-21/h5-9,19-20H,10-18H2,1-4H3/t19-,20+. The number of aromatic nitrogens is 2. The van der Waals surface area contributed by atoms with Crippen LogP contribution < -0.4 is 0 Å². The summed E-state index contributed by atoms with van der Waals surface area (Å²) < 4.78 is 14.4. The molecule has 0 saturated heterocycles. The van der Waals surface area contributed by atoms with Gasteiger partial charge in [0.2, 0.25) is 0 Å². The van der Waals surface area contributed by atoms with Gasteiger partial charge in [-0.25, -0.2) is 4.79 Å². The monoisotopic (exact) mass is 536 g/mol. The minimum absolute atomic E-state index is 0.0412. The van der Waals surface area contributed by atoms with Gasteiger partial charge in [0.15, 0.2) is 0 Å². The van der Waals surface area contributed by atoms with E-state index in [-0.39, 0.29) is 12.6 Å². The molecule has 1 aliphatic carbocycles. The van der Waals surface area contributed by atoms with E-state index in [9.17, 15) is 4.79 Å². The number of rotatable bonds is 10. The van der Waals surface area contributed by atoms with Gasteiger partial charge >= 0.3 is 5.97 Å². The van der Waals surface area contributed by atoms with E-state index in [1.54, 1.807) is 0 Å². The molecule has 1 fully saturated rings. The van der Waals surface area contributed by atoms with Crippen molar-refractivity contribution in [3.05, 3.63) is 40.5 Å². The number of hydrogen-bond donors (Lipinski definition) is 0. The Morgan fingerprint density at radius 3 is 2.45 bits per heavy atom. The Labute approximate surface area is 211 Å². The van der Waals surface area contributed by atoms with Gasteiger partial charge in [0.05, 0.1) is 16.8 Å². The zero-order chi connectivity index (χ0) is 23.8. The molecule has 182 valence electrons. The van der Waals surface area contributed by atoms with Crippen molar-refractivity contribution in [1.82, 2.24) is 9.78 Å². The second-order valence-electron chi connectivity index (χ2n) is 9.89. The normalized spacial score (nSPS) is 18.9. The van der Waals surface area contributed by atoms with E-state index in [0.717, 1.165) is 47.3 Å². The molecule has 3 rings (SSSR count). The average Bonchev–Trinajstić information content (AvgIpc) is 3.08. The first kappa shape index (κ1) is 26.3. The number of ether oxygens (including phenoxy) is 2. The number of nitrogens with zero attached hydrogens (tertiary/aromatic N) is 2. The molecule has 2 aromatic rings. The highest BCUT2D eigenvalue weighted by atomic mass is 79.9. The lowest BCUT2D eigenvalue weighted by molar-refractivity contribution is -0.160. The van der Waals surface area contributed by atoms with Crippen LogP contribution in [0.4, 0.5) is 0 Å². The van der Waals surface area contributed by atoms with Gasteiger partial charge in [-0.3, -0.25) is 4.68 Å². The van der Waals surface area contributed by atoms with E-state index < -0.39 is 5.60 Å². The Balaban J connectivity index is 1.54. The van der Waals surface area contributed by atoms with Gasteiger partial charge in [-0.2, -0.15) is 16.9 Å². The minimum Gasteiger partial charge on any atom is -0.458 e. The molecule has 0 spiro atoms. The van der Waals surface area contributed by atoms with Crippen molar-refractivity contribution < 1.29 is 14.3 Å². The van der Waals surface area contributed by atoms with Crippen LogP contribution in [0.2, 0.25) is 0 Å².